The van der Waals surface area contributed by atoms with Gasteiger partial charge in [-0.15, -0.1) is 0 Å². The van der Waals surface area contributed by atoms with E-state index in [1.807, 2.05) is 66.4 Å². The maximum atomic E-state index is 12.7. The number of aryl methyl sites for hydroxylation is 1. The van der Waals surface area contributed by atoms with Crippen molar-refractivity contribution in [2.75, 3.05) is 39.8 Å². The Morgan fingerprint density at radius 3 is 2.45 bits per heavy atom. The summed E-state index contributed by atoms with van der Waals surface area (Å²) >= 11 is 0. The normalized spacial score (nSPS) is 15.7. The summed E-state index contributed by atoms with van der Waals surface area (Å²) in [5.74, 6) is 1.03. The van der Waals surface area contributed by atoms with E-state index in [4.69, 9.17) is 4.74 Å². The number of rotatable bonds is 8. The van der Waals surface area contributed by atoms with Gasteiger partial charge in [-0.1, -0.05) is 42.5 Å². The molecule has 1 N–H and O–H groups in total. The van der Waals surface area contributed by atoms with Crippen molar-refractivity contribution in [3.63, 3.8) is 0 Å². The smallest absolute Gasteiger partial charge is 0.234 e. The number of hydrogen-bond acceptors (Lipinski definition) is 4. The molecule has 3 rings (SSSR count). The lowest BCUT2D eigenvalue weighted by molar-refractivity contribution is -0.131. The second-order valence-electron chi connectivity index (χ2n) is 8.06. The van der Waals surface area contributed by atoms with Crippen LogP contribution in [0.25, 0.3) is 0 Å². The summed E-state index contributed by atoms with van der Waals surface area (Å²) in [6, 6.07) is 17.8. The molecule has 0 radical (unpaired) electrons. The number of benzene rings is 2. The Bertz CT molecular complexity index is 839. The first-order chi connectivity index (χ1) is 15.0. The summed E-state index contributed by atoms with van der Waals surface area (Å²) in [5.41, 5.74) is 2.23. The van der Waals surface area contributed by atoms with Gasteiger partial charge in [0, 0.05) is 32.6 Å². The van der Waals surface area contributed by atoms with Crippen molar-refractivity contribution >= 4 is 11.8 Å². The molecule has 31 heavy (non-hydrogen) atoms. The molecule has 1 atom stereocenters. The van der Waals surface area contributed by atoms with Gasteiger partial charge in [-0.05, 0) is 43.0 Å². The molecule has 1 fully saturated rings. The molecule has 1 aliphatic heterocycles. The van der Waals surface area contributed by atoms with Gasteiger partial charge in [0.2, 0.25) is 11.8 Å². The Kier molecular flexibility index (Phi) is 8.47. The fraction of sp³-hybridized carbons (Fsp3) is 0.440. The first-order valence-electron chi connectivity index (χ1n) is 11.0. The van der Waals surface area contributed by atoms with E-state index in [1.165, 1.54) is 0 Å². The molecule has 1 aliphatic rings. The predicted octanol–water partition coefficient (Wildman–Crippen LogP) is 3.04. The molecule has 0 bridgehead atoms. The molecule has 0 saturated carbocycles. The first-order valence-corrected chi connectivity index (χ1v) is 11.0. The number of carbonyl (C=O) groups is 2. The van der Waals surface area contributed by atoms with E-state index in [0.717, 1.165) is 49.4 Å². The molecule has 1 saturated heterocycles. The Hall–Kier alpha value is -2.86. The Balaban J connectivity index is 1.41. The second kappa shape index (κ2) is 11.5. The Morgan fingerprint density at radius 1 is 1.00 bits per heavy atom. The highest BCUT2D eigenvalue weighted by Crippen LogP contribution is 2.14. The van der Waals surface area contributed by atoms with Crippen LogP contribution in [0.4, 0.5) is 0 Å². The highest BCUT2D eigenvalue weighted by molar-refractivity contribution is 5.78. The highest BCUT2D eigenvalue weighted by Gasteiger charge is 2.21. The molecule has 0 spiro atoms. The van der Waals surface area contributed by atoms with Crippen LogP contribution in [0.15, 0.2) is 54.6 Å². The van der Waals surface area contributed by atoms with Gasteiger partial charge in [0.05, 0.1) is 19.7 Å². The predicted molar refractivity (Wildman–Crippen MR) is 122 cm³/mol. The van der Waals surface area contributed by atoms with E-state index >= 15 is 0 Å². The topological polar surface area (TPSA) is 61.9 Å². The number of amides is 2. The molecule has 6 heteroatoms. The fourth-order valence-electron chi connectivity index (χ4n) is 3.90. The molecule has 166 valence electrons. The summed E-state index contributed by atoms with van der Waals surface area (Å²) in [7, 11) is 1.65. The number of hydrogen-bond donors (Lipinski definition) is 1. The standard InChI is InChI=1S/C25H33N3O3/c1-20(22-7-4-3-5-8-22)26-24(29)19-27-15-6-16-28(18-17-27)25(30)14-11-21-9-12-23(31-2)13-10-21/h3-5,7-10,12-13,20H,6,11,14-19H2,1-2H3,(H,26,29). The highest BCUT2D eigenvalue weighted by atomic mass is 16.5. The van der Waals surface area contributed by atoms with Crippen LogP contribution in [-0.2, 0) is 16.0 Å². The van der Waals surface area contributed by atoms with E-state index in [9.17, 15) is 9.59 Å². The number of nitrogens with zero attached hydrogens (tertiary/aromatic N) is 2. The van der Waals surface area contributed by atoms with Crippen LogP contribution >= 0.6 is 0 Å². The molecule has 2 aromatic rings. The second-order valence-corrected chi connectivity index (χ2v) is 8.06. The van der Waals surface area contributed by atoms with Crippen molar-refractivity contribution in [1.82, 2.24) is 15.1 Å². The van der Waals surface area contributed by atoms with Gasteiger partial charge < -0.3 is 15.0 Å². The molecule has 1 heterocycles. The van der Waals surface area contributed by atoms with Crippen molar-refractivity contribution < 1.29 is 14.3 Å². The van der Waals surface area contributed by atoms with E-state index in [0.29, 0.717) is 19.5 Å². The van der Waals surface area contributed by atoms with Crippen LogP contribution in [0.2, 0.25) is 0 Å². The fourth-order valence-corrected chi connectivity index (χ4v) is 3.90. The third-order valence-corrected chi connectivity index (χ3v) is 5.77. The Morgan fingerprint density at radius 2 is 1.74 bits per heavy atom. The number of nitrogens with one attached hydrogen (secondary N) is 1. The lowest BCUT2D eigenvalue weighted by Gasteiger charge is -2.22. The first kappa shape index (κ1) is 22.8. The minimum atomic E-state index is -0.0169. The van der Waals surface area contributed by atoms with Gasteiger partial charge in [0.1, 0.15) is 5.75 Å². The van der Waals surface area contributed by atoms with Crippen molar-refractivity contribution in [2.45, 2.75) is 32.2 Å². The van der Waals surface area contributed by atoms with Gasteiger partial charge in [-0.2, -0.15) is 0 Å². The van der Waals surface area contributed by atoms with Crippen LogP contribution < -0.4 is 10.1 Å². The maximum absolute atomic E-state index is 12.7. The minimum absolute atomic E-state index is 0.0169. The molecule has 2 aromatic carbocycles. The van der Waals surface area contributed by atoms with E-state index in [1.54, 1.807) is 7.11 Å². The number of carbonyl (C=O) groups excluding carboxylic acids is 2. The molecule has 2 amide bonds. The van der Waals surface area contributed by atoms with Crippen LogP contribution in [0.1, 0.15) is 36.9 Å². The van der Waals surface area contributed by atoms with Gasteiger partial charge in [0.25, 0.3) is 0 Å². The average molecular weight is 424 g/mol. The summed E-state index contributed by atoms with van der Waals surface area (Å²) in [6.45, 7) is 5.34. The summed E-state index contributed by atoms with van der Waals surface area (Å²) < 4.78 is 5.18. The average Bonchev–Trinajstić information content (AvgIpc) is 3.04. The Labute approximate surface area is 185 Å². The van der Waals surface area contributed by atoms with Crippen LogP contribution in [0.5, 0.6) is 5.75 Å². The largest absolute Gasteiger partial charge is 0.497 e. The molecular weight excluding hydrogens is 390 g/mol. The summed E-state index contributed by atoms with van der Waals surface area (Å²) in [5, 5.41) is 3.07. The van der Waals surface area contributed by atoms with Gasteiger partial charge in [-0.25, -0.2) is 0 Å². The molecule has 0 aromatic heterocycles. The molecule has 0 aliphatic carbocycles. The van der Waals surface area contributed by atoms with Gasteiger partial charge >= 0.3 is 0 Å². The van der Waals surface area contributed by atoms with Gasteiger partial charge in [-0.3, -0.25) is 14.5 Å². The lowest BCUT2D eigenvalue weighted by atomic mass is 10.1. The quantitative estimate of drug-likeness (QED) is 0.709. The monoisotopic (exact) mass is 423 g/mol. The summed E-state index contributed by atoms with van der Waals surface area (Å²) in [4.78, 5) is 29.2. The van der Waals surface area contributed by atoms with Crippen molar-refractivity contribution in [1.29, 1.82) is 0 Å². The minimum Gasteiger partial charge on any atom is -0.497 e. The lowest BCUT2D eigenvalue weighted by Crippen LogP contribution is -2.40. The number of ether oxygens (including phenoxy) is 1. The summed E-state index contributed by atoms with van der Waals surface area (Å²) in [6.07, 6.45) is 2.11. The maximum Gasteiger partial charge on any atom is 0.234 e. The SMILES string of the molecule is COc1ccc(CCC(=O)N2CCCN(CC(=O)NC(C)c3ccccc3)CC2)cc1. The van der Waals surface area contributed by atoms with E-state index in [2.05, 4.69) is 10.2 Å². The van der Waals surface area contributed by atoms with Crippen molar-refractivity contribution in [2.24, 2.45) is 0 Å². The molecule has 1 unspecified atom stereocenters. The third kappa shape index (κ3) is 7.10. The van der Waals surface area contributed by atoms with Crippen LogP contribution in [-0.4, -0.2) is 61.4 Å². The van der Waals surface area contributed by atoms with E-state index < -0.39 is 0 Å². The molecular formula is C25H33N3O3. The van der Waals surface area contributed by atoms with Crippen molar-refractivity contribution in [3.8, 4) is 5.75 Å². The van der Waals surface area contributed by atoms with E-state index in [-0.39, 0.29) is 17.9 Å². The van der Waals surface area contributed by atoms with Crippen molar-refractivity contribution in [3.05, 3.63) is 65.7 Å². The zero-order valence-electron chi connectivity index (χ0n) is 18.5. The molecule has 6 nitrogen and oxygen atoms in total. The van der Waals surface area contributed by atoms with Gasteiger partial charge in [0.15, 0.2) is 0 Å². The number of methoxy groups -OCH3 is 1. The third-order valence-electron chi connectivity index (χ3n) is 5.77. The zero-order chi connectivity index (χ0) is 22.1. The zero-order valence-corrected chi connectivity index (χ0v) is 18.5. The van der Waals surface area contributed by atoms with Crippen LogP contribution in [0, 0.1) is 0 Å². The van der Waals surface area contributed by atoms with Crippen LogP contribution in [0.3, 0.4) is 0 Å².